The van der Waals surface area contributed by atoms with Gasteiger partial charge in [0.2, 0.25) is 0 Å². The van der Waals surface area contributed by atoms with E-state index in [1.165, 1.54) is 19.3 Å². The summed E-state index contributed by atoms with van der Waals surface area (Å²) in [5, 5.41) is 3.12. The van der Waals surface area contributed by atoms with Crippen LogP contribution in [0.15, 0.2) is 4.42 Å². The van der Waals surface area contributed by atoms with Crippen molar-refractivity contribution in [2.45, 2.75) is 51.1 Å². The monoisotopic (exact) mass is 264 g/mol. The largest absolute Gasteiger partial charge is 0.427 e. The number of aromatic nitrogens is 1. The number of fused-ring (bicyclic) bond motifs is 1. The summed E-state index contributed by atoms with van der Waals surface area (Å²) in [6.45, 7) is 1.15. The Morgan fingerprint density at radius 3 is 2.95 bits per heavy atom. The number of nitrogen functional groups attached to an aromatic ring is 1. The number of amides is 2. The van der Waals surface area contributed by atoms with Crippen LogP contribution in [0.25, 0.3) is 0 Å². The average molecular weight is 264 g/mol. The number of hydrogen-bond donors (Lipinski definition) is 2. The van der Waals surface area contributed by atoms with Crippen molar-refractivity contribution >= 4 is 12.0 Å². The van der Waals surface area contributed by atoms with E-state index in [1.54, 1.807) is 4.90 Å². The molecule has 1 aromatic heterocycles. The first kappa shape index (κ1) is 12.3. The standard InChI is InChI=1S/C13H20N4O2/c14-12-16-10-6-7-17(8-11(10)19-12)13(18)15-9-4-2-1-3-5-9/h9H,1-8H2,(H2,14,16)(H,15,18). The molecule has 0 atom stereocenters. The summed E-state index contributed by atoms with van der Waals surface area (Å²) in [6.07, 6.45) is 6.63. The van der Waals surface area contributed by atoms with Crippen molar-refractivity contribution in [1.29, 1.82) is 0 Å². The van der Waals surface area contributed by atoms with E-state index < -0.39 is 0 Å². The third kappa shape index (κ3) is 2.67. The Morgan fingerprint density at radius 2 is 2.16 bits per heavy atom. The van der Waals surface area contributed by atoms with Crippen LogP contribution >= 0.6 is 0 Å². The number of nitrogens with zero attached hydrogens (tertiary/aromatic N) is 2. The molecule has 1 saturated carbocycles. The van der Waals surface area contributed by atoms with Crippen molar-refractivity contribution in [1.82, 2.24) is 15.2 Å². The SMILES string of the molecule is Nc1nc2c(o1)CN(C(=O)NC1CCCCC1)CC2. The van der Waals surface area contributed by atoms with Crippen molar-refractivity contribution < 1.29 is 9.21 Å². The van der Waals surface area contributed by atoms with Gasteiger partial charge in [0, 0.05) is 19.0 Å². The van der Waals surface area contributed by atoms with Gasteiger partial charge in [-0.1, -0.05) is 19.3 Å². The third-order valence-corrected chi connectivity index (χ3v) is 3.97. The first-order valence-corrected chi connectivity index (χ1v) is 7.02. The lowest BCUT2D eigenvalue weighted by Crippen LogP contribution is -2.47. The molecule has 1 aromatic rings. The van der Waals surface area contributed by atoms with E-state index in [9.17, 15) is 4.79 Å². The third-order valence-electron chi connectivity index (χ3n) is 3.97. The van der Waals surface area contributed by atoms with E-state index in [2.05, 4.69) is 10.3 Å². The average Bonchev–Trinajstić information content (AvgIpc) is 2.78. The van der Waals surface area contributed by atoms with E-state index in [0.29, 0.717) is 25.6 Å². The topological polar surface area (TPSA) is 84.4 Å². The van der Waals surface area contributed by atoms with E-state index in [-0.39, 0.29) is 12.0 Å². The second-order valence-corrected chi connectivity index (χ2v) is 5.38. The van der Waals surface area contributed by atoms with Crippen molar-refractivity contribution in [2.24, 2.45) is 0 Å². The summed E-state index contributed by atoms with van der Waals surface area (Å²) in [4.78, 5) is 18.1. The number of carbonyl (C=O) groups is 1. The fraction of sp³-hybridized carbons (Fsp3) is 0.692. The zero-order chi connectivity index (χ0) is 13.2. The maximum atomic E-state index is 12.2. The number of anilines is 1. The van der Waals surface area contributed by atoms with Crippen molar-refractivity contribution in [2.75, 3.05) is 12.3 Å². The molecule has 0 aromatic carbocycles. The number of oxazole rings is 1. The van der Waals surface area contributed by atoms with Crippen LogP contribution in [0.4, 0.5) is 10.8 Å². The Kier molecular flexibility index (Phi) is 3.31. The predicted octanol–water partition coefficient (Wildman–Crippen LogP) is 1.66. The van der Waals surface area contributed by atoms with Crippen LogP contribution in [-0.4, -0.2) is 28.5 Å². The summed E-state index contributed by atoms with van der Waals surface area (Å²) in [6, 6.07) is 0.537. The number of hydrogen-bond acceptors (Lipinski definition) is 4. The van der Waals surface area contributed by atoms with E-state index in [4.69, 9.17) is 10.2 Å². The van der Waals surface area contributed by atoms with Crippen LogP contribution in [0.1, 0.15) is 43.6 Å². The predicted molar refractivity (Wildman–Crippen MR) is 70.4 cm³/mol. The molecule has 2 heterocycles. The highest BCUT2D eigenvalue weighted by atomic mass is 16.4. The molecular formula is C13H20N4O2. The van der Waals surface area contributed by atoms with Gasteiger partial charge in [-0.2, -0.15) is 4.98 Å². The second-order valence-electron chi connectivity index (χ2n) is 5.38. The minimum atomic E-state index is 0.00696. The number of urea groups is 1. The smallest absolute Gasteiger partial charge is 0.318 e. The molecule has 1 fully saturated rings. The fourth-order valence-corrected chi connectivity index (χ4v) is 2.90. The minimum absolute atomic E-state index is 0.00696. The van der Waals surface area contributed by atoms with Gasteiger partial charge in [-0.05, 0) is 12.8 Å². The first-order chi connectivity index (χ1) is 9.22. The quantitative estimate of drug-likeness (QED) is 0.808. The Bertz CT molecular complexity index is 465. The van der Waals surface area contributed by atoms with Gasteiger partial charge in [-0.3, -0.25) is 0 Å². The molecule has 19 heavy (non-hydrogen) atoms. The highest BCUT2D eigenvalue weighted by Gasteiger charge is 2.26. The lowest BCUT2D eigenvalue weighted by molar-refractivity contribution is 0.179. The van der Waals surface area contributed by atoms with Gasteiger partial charge in [-0.25, -0.2) is 4.79 Å². The number of rotatable bonds is 1. The highest BCUT2D eigenvalue weighted by molar-refractivity contribution is 5.74. The Labute approximate surface area is 112 Å². The van der Waals surface area contributed by atoms with Crippen LogP contribution in [0.5, 0.6) is 0 Å². The molecule has 2 amide bonds. The highest BCUT2D eigenvalue weighted by Crippen LogP contribution is 2.22. The summed E-state index contributed by atoms with van der Waals surface area (Å²) in [7, 11) is 0. The number of nitrogens with two attached hydrogens (primary N) is 1. The van der Waals surface area contributed by atoms with Crippen LogP contribution < -0.4 is 11.1 Å². The van der Waals surface area contributed by atoms with Crippen LogP contribution in [0, 0.1) is 0 Å². The molecule has 0 spiro atoms. The van der Waals surface area contributed by atoms with Crippen molar-refractivity contribution in [3.8, 4) is 0 Å². The molecule has 0 unspecified atom stereocenters. The molecule has 3 rings (SSSR count). The van der Waals surface area contributed by atoms with E-state index in [1.807, 2.05) is 0 Å². The zero-order valence-corrected chi connectivity index (χ0v) is 11.0. The van der Waals surface area contributed by atoms with Crippen LogP contribution in [0.3, 0.4) is 0 Å². The van der Waals surface area contributed by atoms with E-state index in [0.717, 1.165) is 24.3 Å². The lowest BCUT2D eigenvalue weighted by Gasteiger charge is -2.29. The second kappa shape index (κ2) is 5.11. The number of nitrogens with one attached hydrogen (secondary N) is 1. The van der Waals surface area contributed by atoms with Crippen LogP contribution in [-0.2, 0) is 13.0 Å². The van der Waals surface area contributed by atoms with Gasteiger partial charge in [-0.15, -0.1) is 0 Å². The summed E-state index contributed by atoms with van der Waals surface area (Å²) < 4.78 is 5.32. The summed E-state index contributed by atoms with van der Waals surface area (Å²) >= 11 is 0. The molecule has 0 bridgehead atoms. The normalized spacial score (nSPS) is 20.1. The van der Waals surface area contributed by atoms with Gasteiger partial charge >= 0.3 is 6.03 Å². The molecule has 3 N–H and O–H groups in total. The molecule has 1 aliphatic heterocycles. The zero-order valence-electron chi connectivity index (χ0n) is 11.0. The fourth-order valence-electron chi connectivity index (χ4n) is 2.90. The van der Waals surface area contributed by atoms with Crippen molar-refractivity contribution in [3.63, 3.8) is 0 Å². The molecule has 1 aliphatic carbocycles. The maximum Gasteiger partial charge on any atom is 0.318 e. The Morgan fingerprint density at radius 1 is 1.37 bits per heavy atom. The molecule has 0 radical (unpaired) electrons. The minimum Gasteiger partial charge on any atom is -0.427 e. The molecule has 104 valence electrons. The summed E-state index contributed by atoms with van der Waals surface area (Å²) in [5.41, 5.74) is 6.42. The maximum absolute atomic E-state index is 12.2. The van der Waals surface area contributed by atoms with Crippen LogP contribution in [0.2, 0.25) is 0 Å². The van der Waals surface area contributed by atoms with Gasteiger partial charge in [0.1, 0.15) is 5.76 Å². The first-order valence-electron chi connectivity index (χ1n) is 7.02. The van der Waals surface area contributed by atoms with Gasteiger partial charge in [0.15, 0.2) is 0 Å². The van der Waals surface area contributed by atoms with Crippen molar-refractivity contribution in [3.05, 3.63) is 11.5 Å². The summed E-state index contributed by atoms with van der Waals surface area (Å²) in [5.74, 6) is 0.725. The Balaban J connectivity index is 1.59. The Hall–Kier alpha value is -1.72. The van der Waals surface area contributed by atoms with Gasteiger partial charge in [0.05, 0.1) is 12.2 Å². The molecule has 6 nitrogen and oxygen atoms in total. The van der Waals surface area contributed by atoms with E-state index >= 15 is 0 Å². The number of carbonyl (C=O) groups excluding carboxylic acids is 1. The molecule has 0 saturated heterocycles. The molecule has 6 heteroatoms. The molecule has 2 aliphatic rings. The molecular weight excluding hydrogens is 244 g/mol. The lowest BCUT2D eigenvalue weighted by atomic mass is 9.96. The van der Waals surface area contributed by atoms with Gasteiger partial charge in [0.25, 0.3) is 6.01 Å². The van der Waals surface area contributed by atoms with Gasteiger partial charge < -0.3 is 20.4 Å².